The van der Waals surface area contributed by atoms with Crippen molar-refractivity contribution in [2.45, 2.75) is 46.1 Å². The third kappa shape index (κ3) is 3.69. The molecular weight excluding hydrogens is 220 g/mol. The van der Waals surface area contributed by atoms with Crippen LogP contribution in [0.4, 0.5) is 5.69 Å². The van der Waals surface area contributed by atoms with Crippen molar-refractivity contribution in [1.29, 1.82) is 0 Å². The minimum absolute atomic E-state index is 0.0161. The Morgan fingerprint density at radius 2 is 2.06 bits per heavy atom. The van der Waals surface area contributed by atoms with Crippen LogP contribution in [-0.4, -0.2) is 9.49 Å². The summed E-state index contributed by atoms with van der Waals surface area (Å²) in [5.74, 6) is 0. The fraction of sp³-hybridized carbons (Fsp3) is 0.583. The van der Waals surface area contributed by atoms with Crippen LogP contribution in [0.5, 0.6) is 0 Å². The lowest BCUT2D eigenvalue weighted by Gasteiger charge is -2.06. The van der Waals surface area contributed by atoms with E-state index in [1.807, 2.05) is 0 Å². The van der Waals surface area contributed by atoms with E-state index in [2.05, 4.69) is 6.92 Å². The van der Waals surface area contributed by atoms with Crippen molar-refractivity contribution < 1.29 is 4.92 Å². The second-order valence-corrected chi connectivity index (χ2v) is 4.20. The van der Waals surface area contributed by atoms with Crippen molar-refractivity contribution in [3.05, 3.63) is 38.3 Å². The summed E-state index contributed by atoms with van der Waals surface area (Å²) in [5.41, 5.74) is 0.277. The molecule has 0 aliphatic rings. The maximum absolute atomic E-state index is 11.7. The van der Waals surface area contributed by atoms with Gasteiger partial charge in [0.1, 0.15) is 0 Å². The van der Waals surface area contributed by atoms with Crippen LogP contribution in [0, 0.1) is 17.0 Å². The fourth-order valence-electron chi connectivity index (χ4n) is 1.74. The maximum atomic E-state index is 11.7. The van der Waals surface area contributed by atoms with Gasteiger partial charge in [-0.25, -0.2) is 0 Å². The first-order valence-corrected chi connectivity index (χ1v) is 5.91. The quantitative estimate of drug-likeness (QED) is 0.434. The second kappa shape index (κ2) is 6.18. The van der Waals surface area contributed by atoms with E-state index in [1.54, 1.807) is 6.92 Å². The number of aromatic nitrogens is 1. The monoisotopic (exact) mass is 238 g/mol. The van der Waals surface area contributed by atoms with Crippen molar-refractivity contribution in [3.63, 3.8) is 0 Å². The molecule has 0 aromatic carbocycles. The summed E-state index contributed by atoms with van der Waals surface area (Å²) in [6.45, 7) is 4.28. The van der Waals surface area contributed by atoms with Gasteiger partial charge < -0.3 is 4.57 Å². The van der Waals surface area contributed by atoms with E-state index in [1.165, 1.54) is 16.8 Å². The molecule has 1 heterocycles. The molecule has 1 rings (SSSR count). The Hall–Kier alpha value is -1.65. The molecular formula is C12H18N2O3. The SMILES string of the molecule is CCCCCCn1cc([N+](=O)[O-])cc(C)c1=O. The average molecular weight is 238 g/mol. The largest absolute Gasteiger partial charge is 0.309 e. The third-order valence-electron chi connectivity index (χ3n) is 2.71. The van der Waals surface area contributed by atoms with E-state index >= 15 is 0 Å². The highest BCUT2D eigenvalue weighted by Gasteiger charge is 2.10. The number of unbranched alkanes of at least 4 members (excludes halogenated alkanes) is 3. The Balaban J connectivity index is 2.83. The average Bonchev–Trinajstić information content (AvgIpc) is 2.29. The van der Waals surface area contributed by atoms with Crippen LogP contribution < -0.4 is 5.56 Å². The molecule has 0 saturated carbocycles. The van der Waals surface area contributed by atoms with E-state index in [0.29, 0.717) is 12.1 Å². The van der Waals surface area contributed by atoms with Gasteiger partial charge >= 0.3 is 0 Å². The van der Waals surface area contributed by atoms with Gasteiger partial charge in [-0.2, -0.15) is 0 Å². The van der Waals surface area contributed by atoms with Crippen LogP contribution in [0.25, 0.3) is 0 Å². The number of hydrogen-bond donors (Lipinski definition) is 0. The molecule has 0 atom stereocenters. The van der Waals surface area contributed by atoms with Crippen LogP contribution in [0.2, 0.25) is 0 Å². The van der Waals surface area contributed by atoms with E-state index < -0.39 is 4.92 Å². The molecule has 0 radical (unpaired) electrons. The lowest BCUT2D eigenvalue weighted by atomic mass is 10.2. The Bertz CT molecular complexity index is 452. The van der Waals surface area contributed by atoms with Gasteiger partial charge in [0.2, 0.25) is 0 Å². The van der Waals surface area contributed by atoms with Crippen LogP contribution in [0.3, 0.4) is 0 Å². The molecule has 0 aliphatic carbocycles. The first-order valence-electron chi connectivity index (χ1n) is 5.91. The van der Waals surface area contributed by atoms with Gasteiger partial charge in [-0.15, -0.1) is 0 Å². The van der Waals surface area contributed by atoms with E-state index in [-0.39, 0.29) is 11.2 Å². The van der Waals surface area contributed by atoms with Crippen LogP contribution in [-0.2, 0) is 6.54 Å². The molecule has 5 nitrogen and oxygen atoms in total. The number of rotatable bonds is 6. The summed E-state index contributed by atoms with van der Waals surface area (Å²) in [6.07, 6.45) is 5.52. The molecule has 0 spiro atoms. The van der Waals surface area contributed by atoms with Crippen molar-refractivity contribution in [3.8, 4) is 0 Å². The number of nitro groups is 1. The zero-order valence-electron chi connectivity index (χ0n) is 10.3. The van der Waals surface area contributed by atoms with Crippen molar-refractivity contribution in [2.75, 3.05) is 0 Å². The molecule has 0 saturated heterocycles. The van der Waals surface area contributed by atoms with Crippen molar-refractivity contribution in [2.24, 2.45) is 0 Å². The zero-order valence-corrected chi connectivity index (χ0v) is 10.3. The second-order valence-electron chi connectivity index (χ2n) is 4.20. The molecule has 0 aliphatic heterocycles. The molecule has 0 fully saturated rings. The number of nitrogens with zero attached hydrogens (tertiary/aromatic N) is 2. The predicted octanol–water partition coefficient (Wildman–Crippen LogP) is 2.65. The zero-order chi connectivity index (χ0) is 12.8. The van der Waals surface area contributed by atoms with Gasteiger partial charge in [0.25, 0.3) is 11.2 Å². The van der Waals surface area contributed by atoms with Crippen LogP contribution in [0.15, 0.2) is 17.1 Å². The molecule has 94 valence electrons. The molecule has 0 bridgehead atoms. The summed E-state index contributed by atoms with van der Waals surface area (Å²) in [4.78, 5) is 22.0. The summed E-state index contributed by atoms with van der Waals surface area (Å²) in [7, 11) is 0. The molecule has 0 unspecified atom stereocenters. The van der Waals surface area contributed by atoms with Gasteiger partial charge in [0.05, 0.1) is 11.1 Å². The molecule has 17 heavy (non-hydrogen) atoms. The third-order valence-corrected chi connectivity index (χ3v) is 2.71. The molecule has 0 N–H and O–H groups in total. The van der Waals surface area contributed by atoms with E-state index in [9.17, 15) is 14.9 Å². The Labute approximate surface area is 100 Å². The Morgan fingerprint density at radius 3 is 2.65 bits per heavy atom. The standard InChI is InChI=1S/C12H18N2O3/c1-3-4-5-6-7-13-9-11(14(16)17)8-10(2)12(13)15/h8-9H,3-7H2,1-2H3. The first kappa shape index (κ1) is 13.4. The molecule has 0 amide bonds. The normalized spacial score (nSPS) is 10.5. The fourth-order valence-corrected chi connectivity index (χ4v) is 1.74. The molecule has 5 heteroatoms. The summed E-state index contributed by atoms with van der Waals surface area (Å²) in [5, 5.41) is 10.7. The molecule has 1 aromatic rings. The van der Waals surface area contributed by atoms with Crippen LogP contribution >= 0.6 is 0 Å². The highest BCUT2D eigenvalue weighted by atomic mass is 16.6. The lowest BCUT2D eigenvalue weighted by molar-refractivity contribution is -0.385. The Morgan fingerprint density at radius 1 is 1.35 bits per heavy atom. The minimum Gasteiger partial charge on any atom is -0.309 e. The minimum atomic E-state index is -0.463. The molecule has 1 aromatic heterocycles. The topological polar surface area (TPSA) is 65.1 Å². The smallest absolute Gasteiger partial charge is 0.286 e. The summed E-state index contributed by atoms with van der Waals surface area (Å²) < 4.78 is 1.45. The van der Waals surface area contributed by atoms with Gasteiger partial charge in [-0.3, -0.25) is 14.9 Å². The van der Waals surface area contributed by atoms with Crippen molar-refractivity contribution in [1.82, 2.24) is 4.57 Å². The summed E-state index contributed by atoms with van der Waals surface area (Å²) in [6, 6.07) is 1.32. The predicted molar refractivity (Wildman–Crippen MR) is 66.2 cm³/mol. The van der Waals surface area contributed by atoms with Gasteiger partial charge in [0, 0.05) is 18.2 Å². The summed E-state index contributed by atoms with van der Waals surface area (Å²) >= 11 is 0. The number of aryl methyl sites for hydroxylation is 2. The van der Waals surface area contributed by atoms with Gasteiger partial charge in [-0.05, 0) is 13.3 Å². The lowest BCUT2D eigenvalue weighted by Crippen LogP contribution is -2.22. The first-order chi connectivity index (χ1) is 8.06. The number of hydrogen-bond acceptors (Lipinski definition) is 3. The highest BCUT2D eigenvalue weighted by molar-refractivity contribution is 5.30. The van der Waals surface area contributed by atoms with Crippen LogP contribution in [0.1, 0.15) is 38.2 Å². The van der Waals surface area contributed by atoms with E-state index in [0.717, 1.165) is 25.7 Å². The van der Waals surface area contributed by atoms with E-state index in [4.69, 9.17) is 0 Å². The maximum Gasteiger partial charge on any atom is 0.286 e. The van der Waals surface area contributed by atoms with Crippen molar-refractivity contribution >= 4 is 5.69 Å². The van der Waals surface area contributed by atoms with Gasteiger partial charge in [-0.1, -0.05) is 26.2 Å². The highest BCUT2D eigenvalue weighted by Crippen LogP contribution is 2.10. The number of pyridine rings is 1. The van der Waals surface area contributed by atoms with Gasteiger partial charge in [0.15, 0.2) is 0 Å². The Kier molecular flexibility index (Phi) is 4.87.